The second-order valence-corrected chi connectivity index (χ2v) is 10.9. The lowest BCUT2D eigenvalue weighted by molar-refractivity contribution is -0.161. The highest BCUT2D eigenvalue weighted by atomic mass is 16.6. The van der Waals surface area contributed by atoms with Crippen LogP contribution >= 0.6 is 0 Å². The summed E-state index contributed by atoms with van der Waals surface area (Å²) < 4.78 is 10.5. The topological polar surface area (TPSA) is 72.8 Å². The number of rotatable bonds is 29. The quantitative estimate of drug-likeness (QED) is 0.0536. The summed E-state index contributed by atoms with van der Waals surface area (Å²) in [5.74, 6) is -0.638. The molecule has 5 nitrogen and oxygen atoms in total. The van der Waals surface area contributed by atoms with Crippen molar-refractivity contribution < 1.29 is 24.2 Å². The van der Waals surface area contributed by atoms with Gasteiger partial charge in [0.1, 0.15) is 6.61 Å². The van der Waals surface area contributed by atoms with E-state index in [1.807, 2.05) is 0 Å². The van der Waals surface area contributed by atoms with Crippen molar-refractivity contribution >= 4 is 11.9 Å². The van der Waals surface area contributed by atoms with Gasteiger partial charge in [-0.05, 0) is 57.8 Å². The van der Waals surface area contributed by atoms with E-state index in [1.54, 1.807) is 0 Å². The van der Waals surface area contributed by atoms with E-state index in [9.17, 15) is 14.7 Å². The van der Waals surface area contributed by atoms with E-state index in [4.69, 9.17) is 9.47 Å². The summed E-state index contributed by atoms with van der Waals surface area (Å²) in [4.78, 5) is 24.0. The third-order valence-electron chi connectivity index (χ3n) is 6.83. The van der Waals surface area contributed by atoms with Crippen molar-refractivity contribution in [2.45, 2.75) is 148 Å². The first-order valence-corrected chi connectivity index (χ1v) is 16.8. The third kappa shape index (κ3) is 30.6. The van der Waals surface area contributed by atoms with E-state index < -0.39 is 6.10 Å². The van der Waals surface area contributed by atoms with Gasteiger partial charge in [-0.2, -0.15) is 0 Å². The molecule has 0 radical (unpaired) electrons. The largest absolute Gasteiger partial charge is 0.462 e. The van der Waals surface area contributed by atoms with Gasteiger partial charge in [0.05, 0.1) is 6.61 Å². The van der Waals surface area contributed by atoms with Crippen LogP contribution in [0.3, 0.4) is 0 Å². The molecule has 0 saturated carbocycles. The van der Waals surface area contributed by atoms with E-state index >= 15 is 0 Å². The van der Waals surface area contributed by atoms with Crippen LogP contribution in [0.4, 0.5) is 0 Å². The summed E-state index contributed by atoms with van der Waals surface area (Å²) in [5.41, 5.74) is 0. The van der Waals surface area contributed by atoms with Gasteiger partial charge < -0.3 is 14.6 Å². The number of carbonyl (C=O) groups is 2. The Balaban J connectivity index is 3.69. The highest BCUT2D eigenvalue weighted by molar-refractivity contribution is 5.70. The second kappa shape index (κ2) is 33.1. The summed E-state index contributed by atoms with van der Waals surface area (Å²) >= 11 is 0. The minimum atomic E-state index is -0.786. The fourth-order valence-corrected chi connectivity index (χ4v) is 4.28. The number of carbonyl (C=O) groups excluding carboxylic acids is 2. The van der Waals surface area contributed by atoms with Crippen molar-refractivity contribution in [1.82, 2.24) is 0 Å². The zero-order chi connectivity index (χ0) is 30.8. The molecule has 0 fully saturated rings. The van der Waals surface area contributed by atoms with Crippen molar-refractivity contribution in [3.8, 4) is 0 Å². The Labute approximate surface area is 258 Å². The molecule has 0 bridgehead atoms. The fourth-order valence-electron chi connectivity index (χ4n) is 4.28. The van der Waals surface area contributed by atoms with Crippen LogP contribution in [0.25, 0.3) is 0 Å². The summed E-state index contributed by atoms with van der Waals surface area (Å²) in [5, 5.41) is 9.48. The van der Waals surface area contributed by atoms with Crippen molar-refractivity contribution in [2.75, 3.05) is 13.2 Å². The van der Waals surface area contributed by atoms with E-state index in [2.05, 4.69) is 74.6 Å². The highest BCUT2D eigenvalue weighted by Crippen LogP contribution is 2.11. The average molecular weight is 587 g/mol. The monoisotopic (exact) mass is 586 g/mol. The molecule has 0 aliphatic heterocycles. The Hall–Kier alpha value is -2.40. The number of esters is 2. The van der Waals surface area contributed by atoms with Gasteiger partial charge in [-0.15, -0.1) is 0 Å². The highest BCUT2D eigenvalue weighted by Gasteiger charge is 2.16. The Morgan fingerprint density at radius 3 is 1.55 bits per heavy atom. The summed E-state index contributed by atoms with van der Waals surface area (Å²) in [6.45, 7) is 3.95. The van der Waals surface area contributed by atoms with Crippen LogP contribution in [0.5, 0.6) is 0 Å². The molecule has 240 valence electrons. The molecular weight excluding hydrogens is 524 g/mol. The number of hydrogen-bond acceptors (Lipinski definition) is 5. The van der Waals surface area contributed by atoms with E-state index in [0.29, 0.717) is 12.8 Å². The molecule has 0 unspecified atom stereocenters. The van der Waals surface area contributed by atoms with Gasteiger partial charge in [-0.1, -0.05) is 132 Å². The van der Waals surface area contributed by atoms with Crippen molar-refractivity contribution in [1.29, 1.82) is 0 Å². The van der Waals surface area contributed by atoms with Crippen LogP contribution in [0.2, 0.25) is 0 Å². The van der Waals surface area contributed by atoms with E-state index in [-0.39, 0.29) is 25.2 Å². The van der Waals surface area contributed by atoms with Gasteiger partial charge in [0, 0.05) is 12.8 Å². The van der Waals surface area contributed by atoms with Crippen LogP contribution in [0.1, 0.15) is 142 Å². The van der Waals surface area contributed by atoms with Gasteiger partial charge in [-0.3, -0.25) is 9.59 Å². The molecule has 0 aromatic heterocycles. The van der Waals surface area contributed by atoms with Gasteiger partial charge in [-0.25, -0.2) is 0 Å². The fraction of sp³-hybridized carbons (Fsp3) is 0.676. The van der Waals surface area contributed by atoms with Crippen LogP contribution in [-0.4, -0.2) is 36.4 Å². The second-order valence-electron chi connectivity index (χ2n) is 10.9. The van der Waals surface area contributed by atoms with Crippen molar-refractivity contribution in [2.24, 2.45) is 0 Å². The van der Waals surface area contributed by atoms with Gasteiger partial charge in [0.2, 0.25) is 0 Å². The van der Waals surface area contributed by atoms with Crippen molar-refractivity contribution in [3.05, 3.63) is 60.8 Å². The normalized spacial score (nSPS) is 12.9. The van der Waals surface area contributed by atoms with Crippen LogP contribution in [-0.2, 0) is 19.1 Å². The molecule has 0 rings (SSSR count). The number of unbranched alkanes of at least 4 members (excludes halogenated alkanes) is 11. The molecule has 0 amide bonds. The van der Waals surface area contributed by atoms with E-state index in [0.717, 1.165) is 77.0 Å². The van der Waals surface area contributed by atoms with Crippen LogP contribution in [0.15, 0.2) is 60.8 Å². The molecule has 0 aliphatic rings. The van der Waals surface area contributed by atoms with Crippen LogP contribution < -0.4 is 0 Å². The minimum absolute atomic E-state index is 0.0808. The lowest BCUT2D eigenvalue weighted by Gasteiger charge is -2.15. The van der Waals surface area contributed by atoms with Gasteiger partial charge >= 0.3 is 11.9 Å². The molecule has 0 aromatic rings. The lowest BCUT2D eigenvalue weighted by Crippen LogP contribution is -2.28. The third-order valence-corrected chi connectivity index (χ3v) is 6.83. The Morgan fingerprint density at radius 2 is 1.02 bits per heavy atom. The maximum atomic E-state index is 12.1. The molecule has 1 N–H and O–H groups in total. The van der Waals surface area contributed by atoms with E-state index in [1.165, 1.54) is 38.5 Å². The molecule has 0 spiro atoms. The lowest BCUT2D eigenvalue weighted by atomic mass is 10.1. The predicted octanol–water partition coefficient (Wildman–Crippen LogP) is 10.1. The van der Waals surface area contributed by atoms with Gasteiger partial charge in [0.15, 0.2) is 6.10 Å². The number of aliphatic hydroxyl groups is 1. The summed E-state index contributed by atoms with van der Waals surface area (Å²) in [6.07, 6.45) is 41.3. The van der Waals surface area contributed by atoms with Crippen LogP contribution in [0, 0.1) is 0 Å². The first-order chi connectivity index (χ1) is 20.6. The Morgan fingerprint density at radius 1 is 0.571 bits per heavy atom. The first kappa shape index (κ1) is 39.6. The molecule has 0 heterocycles. The standard InChI is InChI=1S/C37H62O5/c1-3-5-7-9-11-13-14-15-16-17-18-19-20-21-22-24-26-28-30-32-37(40)42-35(33-38)34-41-36(39)31-29-27-25-23-12-10-8-6-4-2/h5,7,11,13,15-16,18-19,21-22,35,38H,3-4,6,8-10,12,14,17,20,23-34H2,1-2H3/b7-5-,13-11-,16-15-,19-18-,22-21-/t35-/m0/s1. The molecule has 42 heavy (non-hydrogen) atoms. The smallest absolute Gasteiger partial charge is 0.306 e. The maximum Gasteiger partial charge on any atom is 0.306 e. The number of aliphatic hydroxyl groups excluding tert-OH is 1. The van der Waals surface area contributed by atoms with Gasteiger partial charge in [0.25, 0.3) is 0 Å². The molecule has 0 aromatic carbocycles. The number of allylic oxidation sites excluding steroid dienone is 10. The zero-order valence-electron chi connectivity index (χ0n) is 27.0. The number of ether oxygens (including phenoxy) is 2. The number of hydrogen-bond donors (Lipinski definition) is 1. The molecular formula is C37H62O5. The maximum absolute atomic E-state index is 12.1. The van der Waals surface area contributed by atoms with Crippen molar-refractivity contribution in [3.63, 3.8) is 0 Å². The molecule has 0 saturated heterocycles. The SMILES string of the molecule is CC/C=C\C/C=C\C/C=C\C/C=C\C/C=C\CCCCCC(=O)O[C@@H](CO)COC(=O)CCCCCCCCCCC. The summed E-state index contributed by atoms with van der Waals surface area (Å²) in [7, 11) is 0. The first-order valence-electron chi connectivity index (χ1n) is 16.8. The predicted molar refractivity (Wildman–Crippen MR) is 177 cm³/mol. The molecule has 1 atom stereocenters. The minimum Gasteiger partial charge on any atom is -0.462 e. The summed E-state index contributed by atoms with van der Waals surface area (Å²) in [6, 6.07) is 0. The average Bonchev–Trinajstić information content (AvgIpc) is 2.99. The Kier molecular flexibility index (Phi) is 31.2. The zero-order valence-corrected chi connectivity index (χ0v) is 27.0. The molecule has 0 aliphatic carbocycles. The molecule has 5 heteroatoms. The Bertz CT molecular complexity index is 762.